The quantitative estimate of drug-likeness (QED) is 0.480. The molecule has 0 spiro atoms. The fourth-order valence-electron chi connectivity index (χ4n) is 10.1. The summed E-state index contributed by atoms with van der Waals surface area (Å²) < 4.78 is 5.77. The summed E-state index contributed by atoms with van der Waals surface area (Å²) in [6.45, 7) is 5.09. The molecule has 2 N–H and O–H groups in total. The van der Waals surface area contributed by atoms with Crippen molar-refractivity contribution in [2.75, 3.05) is 6.54 Å². The SMILES string of the molecule is CC12CCC3C(CC[C@@H]4CC(O)CC[C@]34C)[C@@]1(O)CCC2c1cc(CCCN2C(=O)c3ccccc3C2=O)on1. The largest absolute Gasteiger partial charge is 0.393 e. The van der Waals surface area contributed by atoms with Gasteiger partial charge in [-0.3, -0.25) is 14.5 Å². The summed E-state index contributed by atoms with van der Waals surface area (Å²) in [4.78, 5) is 26.7. The van der Waals surface area contributed by atoms with Crippen molar-refractivity contribution in [1.29, 1.82) is 0 Å². The Morgan fingerprint density at radius 2 is 1.73 bits per heavy atom. The molecule has 7 nitrogen and oxygen atoms in total. The van der Waals surface area contributed by atoms with E-state index in [0.717, 1.165) is 69.2 Å². The molecule has 0 radical (unpaired) electrons. The molecule has 2 heterocycles. The Balaban J connectivity index is 1.03. The maximum absolute atomic E-state index is 12.7. The summed E-state index contributed by atoms with van der Waals surface area (Å²) in [6.07, 6.45) is 9.95. The monoisotopic (exact) mass is 546 g/mol. The van der Waals surface area contributed by atoms with Crippen LogP contribution in [-0.4, -0.2) is 50.3 Å². The van der Waals surface area contributed by atoms with Gasteiger partial charge in [-0.25, -0.2) is 0 Å². The number of amides is 2. The van der Waals surface area contributed by atoms with E-state index >= 15 is 0 Å². The number of rotatable bonds is 5. The molecule has 4 aliphatic carbocycles. The van der Waals surface area contributed by atoms with E-state index < -0.39 is 5.60 Å². The van der Waals surface area contributed by atoms with E-state index in [-0.39, 0.29) is 34.7 Å². The maximum atomic E-state index is 12.7. The smallest absolute Gasteiger partial charge is 0.261 e. The van der Waals surface area contributed by atoms with E-state index in [1.165, 1.54) is 4.90 Å². The minimum atomic E-state index is -0.699. The first kappa shape index (κ1) is 26.4. The Bertz CT molecular complexity index is 1300. The lowest BCUT2D eigenvalue weighted by molar-refractivity contribution is -0.205. The lowest BCUT2D eigenvalue weighted by Crippen LogP contribution is -2.62. The third-order valence-corrected chi connectivity index (χ3v) is 12.4. The number of imide groups is 1. The first-order chi connectivity index (χ1) is 19.2. The molecule has 214 valence electrons. The summed E-state index contributed by atoms with van der Waals surface area (Å²) >= 11 is 0. The normalized spacial score (nSPS) is 40.5. The number of hydrogen-bond acceptors (Lipinski definition) is 6. The summed E-state index contributed by atoms with van der Waals surface area (Å²) in [5.41, 5.74) is 1.19. The Morgan fingerprint density at radius 1 is 0.975 bits per heavy atom. The third kappa shape index (κ3) is 3.65. The second-order valence-electron chi connectivity index (χ2n) is 14.0. The first-order valence-electron chi connectivity index (χ1n) is 15.5. The number of aryl methyl sites for hydroxylation is 1. The number of benzene rings is 1. The molecule has 0 bridgehead atoms. The second-order valence-corrected chi connectivity index (χ2v) is 14.0. The third-order valence-electron chi connectivity index (χ3n) is 12.4. The van der Waals surface area contributed by atoms with Gasteiger partial charge >= 0.3 is 0 Å². The van der Waals surface area contributed by atoms with Crippen LogP contribution >= 0.6 is 0 Å². The van der Waals surface area contributed by atoms with Crippen LogP contribution in [0, 0.1) is 28.6 Å². The number of fused-ring (bicyclic) bond motifs is 6. The standard InChI is InChI=1S/C33H42N2O5/c1-31-14-11-21(36)18-20(31)9-10-26-25(31)12-15-32(2)27(13-16-33(26,32)39)28-19-22(40-34-28)6-5-17-35-29(37)23-7-3-4-8-24(23)30(35)38/h3-4,7-8,19-21,25-27,36,39H,5-6,9-18H2,1-2H3/t20-,21?,25?,26?,27?,31+,32?,33+/m1/s1. The molecule has 1 aromatic carbocycles. The van der Waals surface area contributed by atoms with Crippen molar-refractivity contribution in [1.82, 2.24) is 10.1 Å². The van der Waals surface area contributed by atoms with Gasteiger partial charge < -0.3 is 14.7 Å². The van der Waals surface area contributed by atoms with Crippen LogP contribution in [0.4, 0.5) is 0 Å². The molecule has 7 rings (SSSR count). The molecule has 8 atom stereocenters. The van der Waals surface area contributed by atoms with E-state index in [1.807, 2.05) is 0 Å². The average Bonchev–Trinajstić information content (AvgIpc) is 3.58. The van der Waals surface area contributed by atoms with Gasteiger partial charge in [0.2, 0.25) is 0 Å². The van der Waals surface area contributed by atoms with Gasteiger partial charge in [-0.1, -0.05) is 31.1 Å². The number of aliphatic hydroxyl groups is 2. The van der Waals surface area contributed by atoms with Crippen molar-refractivity contribution >= 4 is 11.8 Å². The zero-order valence-electron chi connectivity index (χ0n) is 23.8. The lowest BCUT2D eigenvalue weighted by atomic mass is 9.43. The van der Waals surface area contributed by atoms with Gasteiger partial charge in [0, 0.05) is 30.4 Å². The van der Waals surface area contributed by atoms with E-state index in [0.29, 0.717) is 48.3 Å². The number of carbonyl (C=O) groups excluding carboxylic acids is 2. The number of carbonyl (C=O) groups is 2. The molecule has 5 unspecified atom stereocenters. The molecule has 1 aromatic heterocycles. The number of aromatic nitrogens is 1. The van der Waals surface area contributed by atoms with Crippen LogP contribution in [0.3, 0.4) is 0 Å². The first-order valence-corrected chi connectivity index (χ1v) is 15.5. The zero-order valence-corrected chi connectivity index (χ0v) is 23.8. The minimum Gasteiger partial charge on any atom is -0.393 e. The summed E-state index contributed by atoms with van der Waals surface area (Å²) in [5, 5.41) is 27.3. The number of hydrogen-bond donors (Lipinski definition) is 2. The Kier molecular flexibility index (Phi) is 6.10. The molecule has 0 saturated heterocycles. The van der Waals surface area contributed by atoms with Crippen molar-refractivity contribution in [3.63, 3.8) is 0 Å². The van der Waals surface area contributed by atoms with Crippen LogP contribution in [0.5, 0.6) is 0 Å². The van der Waals surface area contributed by atoms with Gasteiger partial charge in [-0.05, 0) is 99.5 Å². The fourth-order valence-corrected chi connectivity index (χ4v) is 10.1. The van der Waals surface area contributed by atoms with E-state index in [4.69, 9.17) is 4.52 Å². The molecular weight excluding hydrogens is 504 g/mol. The van der Waals surface area contributed by atoms with Crippen LogP contribution < -0.4 is 0 Å². The summed E-state index contributed by atoms with van der Waals surface area (Å²) in [7, 11) is 0. The van der Waals surface area contributed by atoms with Gasteiger partial charge in [0.15, 0.2) is 0 Å². The molecule has 2 aromatic rings. The Morgan fingerprint density at radius 3 is 2.48 bits per heavy atom. The van der Waals surface area contributed by atoms with E-state index in [2.05, 4.69) is 25.1 Å². The van der Waals surface area contributed by atoms with Crippen LogP contribution in [0.15, 0.2) is 34.9 Å². The predicted octanol–water partition coefficient (Wildman–Crippen LogP) is 5.51. The lowest BCUT2D eigenvalue weighted by Gasteiger charge is -2.63. The van der Waals surface area contributed by atoms with E-state index in [9.17, 15) is 19.8 Å². The average molecular weight is 547 g/mol. The van der Waals surface area contributed by atoms with E-state index in [1.54, 1.807) is 24.3 Å². The Hall–Kier alpha value is -2.51. The number of aliphatic hydroxyl groups excluding tert-OH is 1. The predicted molar refractivity (Wildman–Crippen MR) is 149 cm³/mol. The maximum Gasteiger partial charge on any atom is 0.261 e. The highest BCUT2D eigenvalue weighted by atomic mass is 16.5. The zero-order chi connectivity index (χ0) is 27.9. The molecule has 4 fully saturated rings. The van der Waals surface area contributed by atoms with Gasteiger partial charge in [-0.2, -0.15) is 0 Å². The Labute approximate surface area is 236 Å². The molecule has 7 heteroatoms. The van der Waals surface area contributed by atoms with Gasteiger partial charge in [0.05, 0.1) is 28.5 Å². The van der Waals surface area contributed by atoms with Crippen molar-refractivity contribution in [2.24, 2.45) is 28.6 Å². The van der Waals surface area contributed by atoms with Crippen molar-refractivity contribution in [2.45, 2.75) is 102 Å². The van der Waals surface area contributed by atoms with Crippen molar-refractivity contribution < 1.29 is 24.3 Å². The fraction of sp³-hybridized carbons (Fsp3) is 0.667. The van der Waals surface area contributed by atoms with Gasteiger partial charge in [0.1, 0.15) is 5.76 Å². The van der Waals surface area contributed by atoms with Gasteiger partial charge in [-0.15, -0.1) is 0 Å². The van der Waals surface area contributed by atoms with Crippen LogP contribution in [0.2, 0.25) is 0 Å². The van der Waals surface area contributed by atoms with Crippen LogP contribution in [0.25, 0.3) is 0 Å². The molecule has 4 saturated carbocycles. The molecule has 1 aliphatic heterocycles. The second kappa shape index (κ2) is 9.25. The number of nitrogens with zero attached hydrogens (tertiary/aromatic N) is 2. The van der Waals surface area contributed by atoms with Crippen LogP contribution in [0.1, 0.15) is 116 Å². The topological polar surface area (TPSA) is 104 Å². The minimum absolute atomic E-state index is 0.156. The molecule has 40 heavy (non-hydrogen) atoms. The van der Waals surface area contributed by atoms with Gasteiger partial charge in [0.25, 0.3) is 11.8 Å². The molecule has 5 aliphatic rings. The molecule has 2 amide bonds. The highest BCUT2D eigenvalue weighted by Gasteiger charge is 2.67. The van der Waals surface area contributed by atoms with Crippen molar-refractivity contribution in [3.05, 3.63) is 52.9 Å². The molecular formula is C33H42N2O5. The highest BCUT2D eigenvalue weighted by Crippen LogP contribution is 2.70. The van der Waals surface area contributed by atoms with Crippen molar-refractivity contribution in [3.8, 4) is 0 Å². The van der Waals surface area contributed by atoms with Crippen LogP contribution in [-0.2, 0) is 6.42 Å². The highest BCUT2D eigenvalue weighted by molar-refractivity contribution is 6.21. The summed E-state index contributed by atoms with van der Waals surface area (Å²) in [5.74, 6) is 1.88. The summed E-state index contributed by atoms with van der Waals surface area (Å²) in [6, 6.07) is 9.04.